The van der Waals surface area contributed by atoms with E-state index in [-0.39, 0.29) is 13.1 Å². The summed E-state index contributed by atoms with van der Waals surface area (Å²) in [7, 11) is 0. The van der Waals surface area contributed by atoms with Crippen LogP contribution in [0.4, 0.5) is 13.2 Å². The first kappa shape index (κ1) is 17.5. The van der Waals surface area contributed by atoms with Gasteiger partial charge in [0, 0.05) is 18.0 Å². The second-order valence-corrected chi connectivity index (χ2v) is 6.19. The van der Waals surface area contributed by atoms with E-state index in [1.165, 1.54) is 11.3 Å². The highest BCUT2D eigenvalue weighted by molar-refractivity contribution is 7.12. The SMILES string of the molecule is C/C(=N\NC(=O)C1CCCN(C(=O)C(F)(F)F)C1)c1cccs1. The number of amides is 2. The van der Waals surface area contributed by atoms with Gasteiger partial charge in [0.05, 0.1) is 11.6 Å². The fourth-order valence-corrected chi connectivity index (χ4v) is 3.00. The summed E-state index contributed by atoms with van der Waals surface area (Å²) in [5.74, 6) is -3.05. The molecule has 1 atom stereocenters. The topological polar surface area (TPSA) is 61.8 Å². The van der Waals surface area contributed by atoms with Crippen LogP contribution in [0.3, 0.4) is 0 Å². The third-order valence-electron chi connectivity index (χ3n) is 3.53. The highest BCUT2D eigenvalue weighted by Crippen LogP contribution is 2.24. The highest BCUT2D eigenvalue weighted by Gasteiger charge is 2.44. The molecule has 23 heavy (non-hydrogen) atoms. The van der Waals surface area contributed by atoms with Gasteiger partial charge in [-0.1, -0.05) is 6.07 Å². The third-order valence-corrected chi connectivity index (χ3v) is 4.51. The Bertz CT molecular complexity index is 599. The Morgan fingerprint density at radius 1 is 1.43 bits per heavy atom. The zero-order valence-corrected chi connectivity index (χ0v) is 13.2. The number of likely N-dealkylation sites (tertiary alicyclic amines) is 1. The zero-order valence-electron chi connectivity index (χ0n) is 12.4. The maximum Gasteiger partial charge on any atom is 0.471 e. The summed E-state index contributed by atoms with van der Waals surface area (Å²) in [6.45, 7) is 1.50. The molecule has 2 rings (SSSR count). The number of thiophene rings is 1. The number of hydrogen-bond acceptors (Lipinski definition) is 4. The average molecular weight is 347 g/mol. The Hall–Kier alpha value is -1.90. The molecule has 1 fully saturated rings. The summed E-state index contributed by atoms with van der Waals surface area (Å²) in [5, 5.41) is 5.84. The Labute approximate surface area is 135 Å². The number of nitrogens with one attached hydrogen (secondary N) is 1. The fraction of sp³-hybridized carbons (Fsp3) is 0.500. The van der Waals surface area contributed by atoms with Crippen molar-refractivity contribution in [1.29, 1.82) is 0 Å². The van der Waals surface area contributed by atoms with Gasteiger partial charge >= 0.3 is 12.1 Å². The molecule has 1 saturated heterocycles. The van der Waals surface area contributed by atoms with Crippen LogP contribution < -0.4 is 5.43 Å². The van der Waals surface area contributed by atoms with Crippen LogP contribution in [0.1, 0.15) is 24.6 Å². The van der Waals surface area contributed by atoms with E-state index in [1.807, 2.05) is 17.5 Å². The van der Waals surface area contributed by atoms with Crippen molar-refractivity contribution >= 4 is 28.9 Å². The average Bonchev–Trinajstić information content (AvgIpc) is 3.05. The molecular formula is C14H16F3N3O2S. The van der Waals surface area contributed by atoms with Gasteiger partial charge in [-0.15, -0.1) is 11.3 Å². The molecule has 0 aromatic carbocycles. The van der Waals surface area contributed by atoms with Crippen molar-refractivity contribution < 1.29 is 22.8 Å². The van der Waals surface area contributed by atoms with Crippen molar-refractivity contribution in [3.63, 3.8) is 0 Å². The first-order valence-electron chi connectivity index (χ1n) is 7.03. The van der Waals surface area contributed by atoms with Crippen molar-refractivity contribution in [2.75, 3.05) is 13.1 Å². The van der Waals surface area contributed by atoms with E-state index >= 15 is 0 Å². The molecule has 1 N–H and O–H groups in total. The number of rotatable bonds is 3. The van der Waals surface area contributed by atoms with Crippen molar-refractivity contribution in [3.8, 4) is 0 Å². The van der Waals surface area contributed by atoms with Gasteiger partial charge < -0.3 is 4.90 Å². The monoisotopic (exact) mass is 347 g/mol. The maximum atomic E-state index is 12.5. The number of carbonyl (C=O) groups excluding carboxylic acids is 2. The van der Waals surface area contributed by atoms with Gasteiger partial charge in [0.15, 0.2) is 0 Å². The van der Waals surface area contributed by atoms with Crippen LogP contribution in [0.15, 0.2) is 22.6 Å². The van der Waals surface area contributed by atoms with E-state index in [2.05, 4.69) is 10.5 Å². The van der Waals surface area contributed by atoms with E-state index in [1.54, 1.807) is 6.92 Å². The Balaban J connectivity index is 1.94. The van der Waals surface area contributed by atoms with Crippen LogP contribution >= 0.6 is 11.3 Å². The molecule has 1 aromatic heterocycles. The lowest BCUT2D eigenvalue weighted by molar-refractivity contribution is -0.187. The Kier molecular flexibility index (Phi) is 5.40. The molecule has 5 nitrogen and oxygen atoms in total. The minimum Gasteiger partial charge on any atom is -0.334 e. The molecular weight excluding hydrogens is 331 g/mol. The number of hydrogen-bond donors (Lipinski definition) is 1. The van der Waals surface area contributed by atoms with Crippen molar-refractivity contribution in [2.24, 2.45) is 11.0 Å². The number of piperidine rings is 1. The second-order valence-electron chi connectivity index (χ2n) is 5.24. The first-order chi connectivity index (χ1) is 10.8. The molecule has 1 aromatic rings. The first-order valence-corrected chi connectivity index (χ1v) is 7.91. The summed E-state index contributed by atoms with van der Waals surface area (Å²) in [4.78, 5) is 24.9. The lowest BCUT2D eigenvalue weighted by Gasteiger charge is -2.32. The summed E-state index contributed by atoms with van der Waals surface area (Å²) < 4.78 is 37.4. The fourth-order valence-electron chi connectivity index (χ4n) is 2.32. The van der Waals surface area contributed by atoms with Crippen LogP contribution in [-0.2, 0) is 9.59 Å². The molecule has 0 aliphatic carbocycles. The van der Waals surface area contributed by atoms with Crippen LogP contribution in [-0.4, -0.2) is 41.7 Å². The predicted molar refractivity (Wildman–Crippen MR) is 80.0 cm³/mol. The van der Waals surface area contributed by atoms with Crippen molar-refractivity contribution in [2.45, 2.75) is 25.9 Å². The molecule has 1 aliphatic rings. The number of carbonyl (C=O) groups is 2. The van der Waals surface area contributed by atoms with Crippen molar-refractivity contribution in [3.05, 3.63) is 22.4 Å². The van der Waals surface area contributed by atoms with Gasteiger partial charge in [-0.2, -0.15) is 18.3 Å². The van der Waals surface area contributed by atoms with Gasteiger partial charge in [-0.25, -0.2) is 5.43 Å². The molecule has 1 unspecified atom stereocenters. The van der Waals surface area contributed by atoms with Gasteiger partial charge in [0.25, 0.3) is 0 Å². The van der Waals surface area contributed by atoms with E-state index in [0.717, 1.165) is 4.88 Å². The van der Waals surface area contributed by atoms with Gasteiger partial charge in [0.2, 0.25) is 5.91 Å². The predicted octanol–water partition coefficient (Wildman–Crippen LogP) is 2.39. The molecule has 126 valence electrons. The summed E-state index contributed by atoms with van der Waals surface area (Å²) in [6.07, 6.45) is -4.12. The largest absolute Gasteiger partial charge is 0.471 e. The van der Waals surface area contributed by atoms with Gasteiger partial charge in [-0.05, 0) is 31.2 Å². The van der Waals surface area contributed by atoms with E-state index in [0.29, 0.717) is 23.5 Å². The number of alkyl halides is 3. The second kappa shape index (κ2) is 7.12. The summed E-state index contributed by atoms with van der Waals surface area (Å²) in [5.41, 5.74) is 2.99. The standard InChI is InChI=1S/C14H16F3N3O2S/c1-9(11-5-3-7-23-11)18-19-12(21)10-4-2-6-20(8-10)13(22)14(15,16)17/h3,5,7,10H,2,4,6,8H2,1H3,(H,19,21)/b18-9+. The quantitative estimate of drug-likeness (QED) is 0.674. The zero-order chi connectivity index (χ0) is 17.0. The van der Waals surface area contributed by atoms with Crippen LogP contribution in [0.5, 0.6) is 0 Å². The molecule has 9 heteroatoms. The van der Waals surface area contributed by atoms with Gasteiger partial charge in [-0.3, -0.25) is 9.59 Å². The molecule has 2 amide bonds. The van der Waals surface area contributed by atoms with E-state index in [4.69, 9.17) is 0 Å². The minimum absolute atomic E-state index is 0.0135. The molecule has 0 bridgehead atoms. The summed E-state index contributed by atoms with van der Waals surface area (Å²) in [6, 6.07) is 3.70. The number of halogens is 3. The molecule has 1 aliphatic heterocycles. The van der Waals surface area contributed by atoms with Gasteiger partial charge in [0.1, 0.15) is 0 Å². The molecule has 0 radical (unpaired) electrons. The maximum absolute atomic E-state index is 12.5. The van der Waals surface area contributed by atoms with Crippen LogP contribution in [0.25, 0.3) is 0 Å². The Morgan fingerprint density at radius 2 is 2.17 bits per heavy atom. The normalized spacial score (nSPS) is 19.6. The number of nitrogens with zero attached hydrogens (tertiary/aromatic N) is 2. The van der Waals surface area contributed by atoms with E-state index in [9.17, 15) is 22.8 Å². The van der Waals surface area contributed by atoms with Crippen LogP contribution in [0.2, 0.25) is 0 Å². The number of hydrazone groups is 1. The minimum atomic E-state index is -4.91. The third kappa shape index (κ3) is 4.54. The van der Waals surface area contributed by atoms with E-state index < -0.39 is 23.9 Å². The lowest BCUT2D eigenvalue weighted by Crippen LogP contribution is -2.49. The summed E-state index contributed by atoms with van der Waals surface area (Å²) >= 11 is 1.47. The van der Waals surface area contributed by atoms with Crippen LogP contribution in [0, 0.1) is 5.92 Å². The molecule has 0 spiro atoms. The molecule has 0 saturated carbocycles. The Morgan fingerprint density at radius 3 is 2.78 bits per heavy atom. The lowest BCUT2D eigenvalue weighted by atomic mass is 9.97. The highest BCUT2D eigenvalue weighted by atomic mass is 32.1. The molecule has 2 heterocycles. The smallest absolute Gasteiger partial charge is 0.334 e. The van der Waals surface area contributed by atoms with Crippen molar-refractivity contribution in [1.82, 2.24) is 10.3 Å².